The minimum Gasteiger partial charge on any atom is -0.286 e. The number of nitrogens with zero attached hydrogens (tertiary/aromatic N) is 1. The van der Waals surface area contributed by atoms with Gasteiger partial charge in [0.1, 0.15) is 5.84 Å². The van der Waals surface area contributed by atoms with E-state index in [0.29, 0.717) is 5.84 Å². The molecule has 0 saturated carbocycles. The molecule has 3 heteroatoms. The standard InChI is InChI=1S/C4H6N2S/c1-3-6-4(5)2-7-3/h5H,2H2,1H3. The van der Waals surface area contributed by atoms with E-state index in [1.54, 1.807) is 11.8 Å². The second kappa shape index (κ2) is 1.66. The number of amidine groups is 1. The molecule has 2 nitrogen and oxygen atoms in total. The SMILES string of the molecule is CC1=NC(=N)CS1. The molecule has 0 radical (unpaired) electrons. The van der Waals surface area contributed by atoms with Crippen LogP contribution in [0.5, 0.6) is 0 Å². The zero-order valence-electron chi connectivity index (χ0n) is 4.06. The van der Waals surface area contributed by atoms with Crippen molar-refractivity contribution in [3.63, 3.8) is 0 Å². The van der Waals surface area contributed by atoms with Crippen molar-refractivity contribution in [1.82, 2.24) is 0 Å². The Hall–Kier alpha value is -0.310. The molecule has 0 saturated heterocycles. The molecule has 7 heavy (non-hydrogen) atoms. The maximum Gasteiger partial charge on any atom is 0.131 e. The van der Waals surface area contributed by atoms with Crippen LogP contribution in [0.1, 0.15) is 6.92 Å². The zero-order chi connectivity index (χ0) is 5.28. The monoisotopic (exact) mass is 114 g/mol. The summed E-state index contributed by atoms with van der Waals surface area (Å²) >= 11 is 1.63. The van der Waals surface area contributed by atoms with E-state index in [9.17, 15) is 0 Å². The Morgan fingerprint density at radius 1 is 1.86 bits per heavy atom. The highest BCUT2D eigenvalue weighted by Crippen LogP contribution is 2.11. The largest absolute Gasteiger partial charge is 0.286 e. The lowest BCUT2D eigenvalue weighted by Crippen LogP contribution is -1.84. The molecule has 0 unspecified atom stereocenters. The first-order valence-electron chi connectivity index (χ1n) is 2.04. The Kier molecular flexibility index (Phi) is 1.15. The summed E-state index contributed by atoms with van der Waals surface area (Å²) in [4.78, 5) is 3.85. The van der Waals surface area contributed by atoms with Crippen LogP contribution in [-0.4, -0.2) is 16.6 Å². The van der Waals surface area contributed by atoms with Crippen LogP contribution in [0.25, 0.3) is 0 Å². The smallest absolute Gasteiger partial charge is 0.131 e. The molecule has 0 bridgehead atoms. The molecular formula is C4H6N2S. The number of aliphatic imine (C=N–C) groups is 1. The maximum atomic E-state index is 6.97. The molecule has 1 aliphatic rings. The van der Waals surface area contributed by atoms with E-state index >= 15 is 0 Å². The van der Waals surface area contributed by atoms with Gasteiger partial charge >= 0.3 is 0 Å². The summed E-state index contributed by atoms with van der Waals surface area (Å²) in [5.41, 5.74) is 0. The van der Waals surface area contributed by atoms with Crippen LogP contribution >= 0.6 is 11.8 Å². The Labute approximate surface area is 46.5 Å². The third kappa shape index (κ3) is 1.03. The van der Waals surface area contributed by atoms with Crippen LogP contribution < -0.4 is 0 Å². The van der Waals surface area contributed by atoms with Gasteiger partial charge in [-0.25, -0.2) is 4.99 Å². The molecule has 1 N–H and O–H groups in total. The molecule has 0 aromatic heterocycles. The molecule has 0 amide bonds. The van der Waals surface area contributed by atoms with Gasteiger partial charge in [0.15, 0.2) is 0 Å². The van der Waals surface area contributed by atoms with E-state index in [2.05, 4.69) is 4.99 Å². The van der Waals surface area contributed by atoms with Crippen molar-refractivity contribution in [1.29, 1.82) is 5.41 Å². The topological polar surface area (TPSA) is 36.2 Å². The van der Waals surface area contributed by atoms with Gasteiger partial charge in [0, 0.05) is 0 Å². The molecule has 1 heterocycles. The zero-order valence-corrected chi connectivity index (χ0v) is 4.88. The normalized spacial score (nSPS) is 20.1. The Morgan fingerprint density at radius 2 is 2.57 bits per heavy atom. The summed E-state index contributed by atoms with van der Waals surface area (Å²) < 4.78 is 0. The number of thioether (sulfide) groups is 1. The highest BCUT2D eigenvalue weighted by Gasteiger charge is 2.04. The summed E-state index contributed by atoms with van der Waals surface area (Å²) in [6.07, 6.45) is 0. The highest BCUT2D eigenvalue weighted by atomic mass is 32.2. The molecule has 1 rings (SSSR count). The lowest BCUT2D eigenvalue weighted by molar-refractivity contribution is 1.43. The van der Waals surface area contributed by atoms with Crippen molar-refractivity contribution in [3.8, 4) is 0 Å². The van der Waals surface area contributed by atoms with E-state index in [1.807, 2.05) is 6.92 Å². The predicted octanol–water partition coefficient (Wildman–Crippen LogP) is 1.13. The van der Waals surface area contributed by atoms with Gasteiger partial charge in [-0.3, -0.25) is 5.41 Å². The van der Waals surface area contributed by atoms with E-state index < -0.39 is 0 Å². The van der Waals surface area contributed by atoms with Gasteiger partial charge < -0.3 is 0 Å². The van der Waals surface area contributed by atoms with Crippen molar-refractivity contribution in [2.45, 2.75) is 6.92 Å². The lowest BCUT2D eigenvalue weighted by Gasteiger charge is -1.76. The Morgan fingerprint density at radius 3 is 2.71 bits per heavy atom. The van der Waals surface area contributed by atoms with Crippen LogP contribution in [0.4, 0.5) is 0 Å². The number of hydrogen-bond donors (Lipinski definition) is 1. The molecule has 0 aromatic rings. The van der Waals surface area contributed by atoms with Gasteiger partial charge in [-0.1, -0.05) is 0 Å². The van der Waals surface area contributed by atoms with Crippen molar-refractivity contribution in [2.24, 2.45) is 4.99 Å². The van der Waals surface area contributed by atoms with E-state index in [1.165, 1.54) is 0 Å². The molecule has 0 fully saturated rings. The molecule has 0 aromatic carbocycles. The Bertz CT molecular complexity index is 128. The first-order chi connectivity index (χ1) is 3.29. The fraction of sp³-hybridized carbons (Fsp3) is 0.500. The average molecular weight is 114 g/mol. The number of rotatable bonds is 0. The van der Waals surface area contributed by atoms with E-state index in [-0.39, 0.29) is 0 Å². The Balaban J connectivity index is 2.67. The predicted molar refractivity (Wildman–Crippen MR) is 33.3 cm³/mol. The minimum absolute atomic E-state index is 0.502. The van der Waals surface area contributed by atoms with Gasteiger partial charge in [0.05, 0.1) is 10.8 Å². The first-order valence-corrected chi connectivity index (χ1v) is 3.03. The maximum absolute atomic E-state index is 6.97. The van der Waals surface area contributed by atoms with Gasteiger partial charge in [0.25, 0.3) is 0 Å². The van der Waals surface area contributed by atoms with Gasteiger partial charge in [-0.2, -0.15) is 0 Å². The fourth-order valence-electron chi connectivity index (χ4n) is 0.427. The van der Waals surface area contributed by atoms with Crippen molar-refractivity contribution in [2.75, 3.05) is 5.75 Å². The third-order valence-electron chi connectivity index (χ3n) is 0.710. The first kappa shape index (κ1) is 4.84. The van der Waals surface area contributed by atoms with Crippen molar-refractivity contribution in [3.05, 3.63) is 0 Å². The molecule has 0 aliphatic carbocycles. The van der Waals surface area contributed by atoms with Crippen LogP contribution in [-0.2, 0) is 0 Å². The third-order valence-corrected chi connectivity index (χ3v) is 1.64. The lowest BCUT2D eigenvalue weighted by atomic mass is 10.7. The van der Waals surface area contributed by atoms with Crippen LogP contribution in [0.2, 0.25) is 0 Å². The summed E-state index contributed by atoms with van der Waals surface area (Å²) in [6, 6.07) is 0. The number of nitrogens with one attached hydrogen (secondary N) is 1. The highest BCUT2D eigenvalue weighted by molar-refractivity contribution is 8.14. The number of hydrogen-bond acceptors (Lipinski definition) is 2. The summed E-state index contributed by atoms with van der Waals surface area (Å²) in [5.74, 6) is 1.27. The molecular weight excluding hydrogens is 108 g/mol. The second-order valence-electron chi connectivity index (χ2n) is 1.37. The van der Waals surface area contributed by atoms with E-state index in [4.69, 9.17) is 5.41 Å². The molecule has 38 valence electrons. The molecule has 0 atom stereocenters. The van der Waals surface area contributed by atoms with Gasteiger partial charge in [0.2, 0.25) is 0 Å². The minimum atomic E-state index is 0.502. The van der Waals surface area contributed by atoms with Crippen LogP contribution in [0.3, 0.4) is 0 Å². The fourth-order valence-corrected chi connectivity index (χ4v) is 1.01. The summed E-state index contributed by atoms with van der Waals surface area (Å²) in [7, 11) is 0. The van der Waals surface area contributed by atoms with Gasteiger partial charge in [-0.15, -0.1) is 11.8 Å². The summed E-state index contributed by atoms with van der Waals surface area (Å²) in [5, 5.41) is 7.99. The molecule has 0 spiro atoms. The quantitative estimate of drug-likeness (QED) is 0.503. The van der Waals surface area contributed by atoms with Crippen LogP contribution in [0, 0.1) is 5.41 Å². The molecule has 1 aliphatic heterocycles. The van der Waals surface area contributed by atoms with Crippen LogP contribution in [0.15, 0.2) is 4.99 Å². The second-order valence-corrected chi connectivity index (χ2v) is 2.53. The van der Waals surface area contributed by atoms with Gasteiger partial charge in [-0.05, 0) is 6.92 Å². The summed E-state index contributed by atoms with van der Waals surface area (Å²) in [6.45, 7) is 1.92. The average Bonchev–Trinajstić information content (AvgIpc) is 1.87. The van der Waals surface area contributed by atoms with E-state index in [0.717, 1.165) is 10.8 Å². The van der Waals surface area contributed by atoms with Crippen molar-refractivity contribution >= 4 is 22.6 Å². The van der Waals surface area contributed by atoms with Crippen molar-refractivity contribution < 1.29 is 0 Å².